The number of rotatable bonds is 3. The van der Waals surface area contributed by atoms with Crippen molar-refractivity contribution in [1.29, 1.82) is 0 Å². The zero-order valence-corrected chi connectivity index (χ0v) is 14.1. The van der Waals surface area contributed by atoms with Gasteiger partial charge in [0.25, 0.3) is 0 Å². The zero-order chi connectivity index (χ0) is 16.8. The van der Waals surface area contributed by atoms with Crippen LogP contribution in [0.15, 0.2) is 65.4 Å². The molecule has 0 atom stereocenters. The fourth-order valence-corrected chi connectivity index (χ4v) is 2.39. The molecule has 0 amide bonds. The molecule has 116 valence electrons. The van der Waals surface area contributed by atoms with Gasteiger partial charge in [-0.15, -0.1) is 0 Å². The second kappa shape index (κ2) is 7.55. The van der Waals surface area contributed by atoms with Gasteiger partial charge in [-0.3, -0.25) is 4.98 Å². The molecule has 1 heterocycles. The van der Waals surface area contributed by atoms with Crippen LogP contribution in [-0.2, 0) is 0 Å². The molecular formula is C22H23N. The molecule has 0 bridgehead atoms. The number of hydrogen-bond acceptors (Lipinski definition) is 1. The van der Waals surface area contributed by atoms with E-state index >= 15 is 0 Å². The Balaban J connectivity index is 2.66. The molecule has 23 heavy (non-hydrogen) atoms. The van der Waals surface area contributed by atoms with E-state index < -0.39 is 0 Å². The van der Waals surface area contributed by atoms with Gasteiger partial charge < -0.3 is 0 Å². The van der Waals surface area contributed by atoms with E-state index in [1.807, 2.05) is 30.3 Å². The van der Waals surface area contributed by atoms with Crippen molar-refractivity contribution in [2.75, 3.05) is 0 Å². The molecule has 0 saturated heterocycles. The van der Waals surface area contributed by atoms with Crippen molar-refractivity contribution in [3.05, 3.63) is 86.4 Å². The Labute approximate surface area is 138 Å². The molecule has 0 fully saturated rings. The summed E-state index contributed by atoms with van der Waals surface area (Å²) >= 11 is 0. The van der Waals surface area contributed by atoms with E-state index in [2.05, 4.69) is 63.2 Å². The summed E-state index contributed by atoms with van der Waals surface area (Å²) in [6.45, 7) is 14.4. The summed E-state index contributed by atoms with van der Waals surface area (Å²) in [6, 6.07) is 12.0. The van der Waals surface area contributed by atoms with Crippen molar-refractivity contribution < 1.29 is 0 Å². The van der Waals surface area contributed by atoms with Gasteiger partial charge in [0.2, 0.25) is 0 Å². The Bertz CT molecular complexity index is 971. The molecule has 0 saturated carbocycles. The number of nitrogens with zero attached hydrogens (tertiary/aromatic N) is 1. The third-order valence-electron chi connectivity index (χ3n) is 3.73. The highest BCUT2D eigenvalue weighted by atomic mass is 14.6. The number of hydrogen-bond donors (Lipinski definition) is 0. The van der Waals surface area contributed by atoms with Gasteiger partial charge in [0, 0.05) is 6.20 Å². The van der Waals surface area contributed by atoms with Crippen LogP contribution in [0.2, 0.25) is 0 Å². The van der Waals surface area contributed by atoms with E-state index in [0.29, 0.717) is 0 Å². The Morgan fingerprint density at radius 3 is 2.26 bits per heavy atom. The van der Waals surface area contributed by atoms with Crippen molar-refractivity contribution in [3.63, 3.8) is 0 Å². The third-order valence-corrected chi connectivity index (χ3v) is 3.73. The average Bonchev–Trinajstić information content (AvgIpc) is 2.53. The number of aromatic nitrogens is 1. The van der Waals surface area contributed by atoms with Crippen LogP contribution in [0.3, 0.4) is 0 Å². The van der Waals surface area contributed by atoms with E-state index in [0.717, 1.165) is 26.6 Å². The normalized spacial score (nSPS) is 13.3. The second-order valence-electron chi connectivity index (χ2n) is 5.69. The van der Waals surface area contributed by atoms with Crippen LogP contribution in [-0.4, -0.2) is 4.98 Å². The van der Waals surface area contributed by atoms with Gasteiger partial charge in [-0.2, -0.15) is 0 Å². The maximum Gasteiger partial charge on any atom is 0.0702 e. The predicted octanol–water partition coefficient (Wildman–Crippen LogP) is 2.45. The molecule has 0 aliphatic rings. The maximum atomic E-state index is 4.44. The summed E-state index contributed by atoms with van der Waals surface area (Å²) in [5, 5.41) is 3.98. The van der Waals surface area contributed by atoms with Crippen LogP contribution < -0.4 is 21.0 Å². The molecule has 0 N–H and O–H groups in total. The lowest BCUT2D eigenvalue weighted by Gasteiger charge is -2.07. The van der Waals surface area contributed by atoms with Gasteiger partial charge in [0.05, 0.1) is 5.35 Å². The van der Waals surface area contributed by atoms with Crippen molar-refractivity contribution >= 4 is 25.3 Å². The summed E-state index contributed by atoms with van der Waals surface area (Å²) < 4.78 is 0. The quantitative estimate of drug-likeness (QED) is 0.794. The third kappa shape index (κ3) is 4.17. The number of pyridine rings is 1. The maximum absolute atomic E-state index is 4.44. The number of benzene rings is 1. The highest BCUT2D eigenvalue weighted by molar-refractivity contribution is 5.70. The second-order valence-corrected chi connectivity index (χ2v) is 5.69. The topological polar surface area (TPSA) is 12.9 Å². The Kier molecular flexibility index (Phi) is 5.48. The molecule has 1 nitrogen and oxygen atoms in total. The van der Waals surface area contributed by atoms with E-state index in [-0.39, 0.29) is 0 Å². The molecule has 0 spiro atoms. The molecule has 0 aliphatic carbocycles. The summed E-state index contributed by atoms with van der Waals surface area (Å²) in [7, 11) is 0. The molecular weight excluding hydrogens is 278 g/mol. The zero-order valence-electron chi connectivity index (χ0n) is 14.1. The fraction of sp³-hybridized carbons (Fsp3) is 0.136. The molecule has 2 aromatic rings. The lowest BCUT2D eigenvalue weighted by molar-refractivity contribution is 1.21. The molecule has 0 unspecified atom stereocenters. The molecule has 1 aromatic carbocycles. The van der Waals surface area contributed by atoms with Crippen LogP contribution in [0.5, 0.6) is 0 Å². The van der Waals surface area contributed by atoms with Crippen LogP contribution in [0, 0.1) is 0 Å². The standard InChI is InChI=1S/C22H23N/c1-6-19(14-20-12-8-7-10-17(20)4)21(16(2)3)15-22-18(5)11-9-13-23-22/h6-15H,4-5H2,1-3H3/b19-6?,20-14-,22-15+. The Morgan fingerprint density at radius 2 is 1.65 bits per heavy atom. The van der Waals surface area contributed by atoms with Crippen molar-refractivity contribution in [2.45, 2.75) is 20.8 Å². The van der Waals surface area contributed by atoms with E-state index in [1.54, 1.807) is 6.20 Å². The smallest absolute Gasteiger partial charge is 0.0702 e. The average molecular weight is 301 g/mol. The first-order valence-electron chi connectivity index (χ1n) is 7.74. The van der Waals surface area contributed by atoms with Crippen LogP contribution in [0.25, 0.3) is 25.3 Å². The molecule has 0 aliphatic heterocycles. The highest BCUT2D eigenvalue weighted by Crippen LogP contribution is 2.17. The lowest BCUT2D eigenvalue weighted by atomic mass is 9.99. The molecule has 2 rings (SSSR count). The first-order chi connectivity index (χ1) is 11.0. The first kappa shape index (κ1) is 16.7. The van der Waals surface area contributed by atoms with E-state index in [9.17, 15) is 0 Å². The summed E-state index contributed by atoms with van der Waals surface area (Å²) in [5.41, 5.74) is 3.56. The number of allylic oxidation sites excluding steroid dienone is 4. The highest BCUT2D eigenvalue weighted by Gasteiger charge is 2.02. The minimum atomic E-state index is 0.902. The lowest BCUT2D eigenvalue weighted by Crippen LogP contribution is -2.26. The largest absolute Gasteiger partial charge is 0.256 e. The summed E-state index contributed by atoms with van der Waals surface area (Å²) in [5.74, 6) is 0. The minimum Gasteiger partial charge on any atom is -0.256 e. The van der Waals surface area contributed by atoms with E-state index in [1.165, 1.54) is 11.1 Å². The molecule has 1 heteroatoms. The minimum absolute atomic E-state index is 0.902. The summed E-state index contributed by atoms with van der Waals surface area (Å²) in [6.07, 6.45) is 8.20. The van der Waals surface area contributed by atoms with Gasteiger partial charge in [-0.05, 0) is 65.8 Å². The van der Waals surface area contributed by atoms with Crippen LogP contribution >= 0.6 is 0 Å². The first-order valence-corrected chi connectivity index (χ1v) is 7.74. The van der Waals surface area contributed by atoms with Crippen molar-refractivity contribution in [2.24, 2.45) is 0 Å². The molecule has 1 aromatic heterocycles. The van der Waals surface area contributed by atoms with Gasteiger partial charge in [-0.25, -0.2) is 0 Å². The van der Waals surface area contributed by atoms with Gasteiger partial charge in [0.1, 0.15) is 0 Å². The van der Waals surface area contributed by atoms with E-state index in [4.69, 9.17) is 0 Å². The Morgan fingerprint density at radius 1 is 0.957 bits per heavy atom. The predicted molar refractivity (Wildman–Crippen MR) is 101 cm³/mol. The van der Waals surface area contributed by atoms with Gasteiger partial charge >= 0.3 is 0 Å². The van der Waals surface area contributed by atoms with Gasteiger partial charge in [-0.1, -0.05) is 55.1 Å². The monoisotopic (exact) mass is 301 g/mol. The van der Waals surface area contributed by atoms with Crippen molar-refractivity contribution in [1.82, 2.24) is 4.98 Å². The van der Waals surface area contributed by atoms with Crippen LogP contribution in [0.4, 0.5) is 0 Å². The van der Waals surface area contributed by atoms with Crippen LogP contribution in [0.1, 0.15) is 20.8 Å². The fourth-order valence-electron chi connectivity index (χ4n) is 2.39. The van der Waals surface area contributed by atoms with Crippen molar-refractivity contribution in [3.8, 4) is 0 Å². The Hall–Kier alpha value is -2.67. The summed E-state index contributed by atoms with van der Waals surface area (Å²) in [4.78, 5) is 4.44. The molecule has 0 radical (unpaired) electrons. The van der Waals surface area contributed by atoms with Gasteiger partial charge in [0.15, 0.2) is 0 Å². The SMILES string of the molecule is C=c1cccc/c1=C/C(=CC)C(/C=c1/ncccc1=C)=C(C)C.